The van der Waals surface area contributed by atoms with Crippen LogP contribution in [0.3, 0.4) is 0 Å². The predicted molar refractivity (Wildman–Crippen MR) is 72.8 cm³/mol. The van der Waals surface area contributed by atoms with Crippen LogP contribution in [0.2, 0.25) is 0 Å². The average molecular weight is 306 g/mol. The van der Waals surface area contributed by atoms with E-state index in [1.165, 1.54) is 12.4 Å². The molecule has 0 aliphatic rings. The highest BCUT2D eigenvalue weighted by Crippen LogP contribution is 2.25. The third-order valence-corrected chi connectivity index (χ3v) is 2.65. The maximum atomic E-state index is 11.5. The summed E-state index contributed by atoms with van der Waals surface area (Å²) in [4.78, 5) is 11.5. The van der Waals surface area contributed by atoms with E-state index in [4.69, 9.17) is 0 Å². The molecule has 1 aromatic carbocycles. The van der Waals surface area contributed by atoms with Crippen LogP contribution in [0.4, 0.5) is 0 Å². The number of halogens is 2. The van der Waals surface area contributed by atoms with Crippen LogP contribution in [0.25, 0.3) is 0 Å². The zero-order valence-corrected chi connectivity index (χ0v) is 11.3. The Morgan fingerprint density at radius 3 is 2.32 bits per heavy atom. The fourth-order valence-corrected chi connectivity index (χ4v) is 1.71. The normalized spacial score (nSPS) is 12.7. The Morgan fingerprint density at radius 2 is 1.89 bits per heavy atom. The third-order valence-electron chi connectivity index (χ3n) is 2.65. The van der Waals surface area contributed by atoms with Gasteiger partial charge in [-0.15, -0.1) is 29.9 Å². The molecule has 0 spiro atoms. The first kappa shape index (κ1) is 17.4. The number of hydrogen-bond acceptors (Lipinski definition) is 4. The zero-order chi connectivity index (χ0) is 12.3. The van der Waals surface area contributed by atoms with Crippen molar-refractivity contribution >= 4 is 30.8 Å². The van der Waals surface area contributed by atoms with Crippen LogP contribution in [0.15, 0.2) is 42.7 Å². The molecule has 8 heteroatoms. The lowest BCUT2D eigenvalue weighted by Crippen LogP contribution is -2.46. The van der Waals surface area contributed by atoms with Crippen LogP contribution in [0.5, 0.6) is 0 Å². The van der Waals surface area contributed by atoms with Crippen molar-refractivity contribution in [3.8, 4) is 0 Å². The first-order chi connectivity index (χ1) is 8.21. The molecular weight excluding hydrogens is 293 g/mol. The van der Waals surface area contributed by atoms with Crippen LogP contribution in [-0.2, 0) is 10.3 Å². The van der Waals surface area contributed by atoms with Crippen LogP contribution in [0.1, 0.15) is 5.56 Å². The van der Waals surface area contributed by atoms with E-state index in [0.717, 1.165) is 4.68 Å². The number of carboxylic acids is 1. The van der Waals surface area contributed by atoms with E-state index in [1.54, 1.807) is 30.3 Å². The van der Waals surface area contributed by atoms with E-state index < -0.39 is 18.1 Å². The third kappa shape index (κ3) is 2.86. The van der Waals surface area contributed by atoms with E-state index in [-0.39, 0.29) is 24.8 Å². The van der Waals surface area contributed by atoms with Gasteiger partial charge in [0.15, 0.2) is 0 Å². The van der Waals surface area contributed by atoms with Gasteiger partial charge in [-0.05, 0) is 5.56 Å². The van der Waals surface area contributed by atoms with Crippen molar-refractivity contribution in [2.45, 2.75) is 5.54 Å². The molecule has 2 rings (SSSR count). The summed E-state index contributed by atoms with van der Waals surface area (Å²) in [7, 11) is 0. The summed E-state index contributed by atoms with van der Waals surface area (Å²) >= 11 is 0. The number of aromatic nitrogens is 3. The topological polar surface area (TPSA) is 88.2 Å². The minimum Gasteiger partial charge on any atom is -0.479 e. The number of aliphatic carboxylic acids is 1. The number of carbonyl (C=O) groups is 1. The Morgan fingerprint density at radius 1 is 1.26 bits per heavy atom. The Bertz CT molecular complexity index is 507. The molecule has 1 atom stereocenters. The number of benzene rings is 1. The molecule has 0 saturated heterocycles. The molecule has 1 aromatic heterocycles. The molecule has 0 radical (unpaired) electrons. The first-order valence-electron chi connectivity index (χ1n) is 4.98. The van der Waals surface area contributed by atoms with Gasteiger partial charge < -0.3 is 10.2 Å². The standard InChI is InChI=1S/C11H11N3O3.2ClH/c15-8-11(10(16)17,14-7-6-12-13-14)9-4-2-1-3-5-9;;/h1-7,15H,8H2,(H,16,17);2*1H. The van der Waals surface area contributed by atoms with Crippen molar-refractivity contribution in [3.05, 3.63) is 48.3 Å². The molecule has 0 fully saturated rings. The molecule has 0 bridgehead atoms. The summed E-state index contributed by atoms with van der Waals surface area (Å²) in [5.41, 5.74) is -1.18. The highest BCUT2D eigenvalue weighted by Gasteiger charge is 2.43. The van der Waals surface area contributed by atoms with Gasteiger partial charge in [-0.3, -0.25) is 0 Å². The second-order valence-corrected chi connectivity index (χ2v) is 3.54. The van der Waals surface area contributed by atoms with Crippen LogP contribution in [-0.4, -0.2) is 37.8 Å². The number of rotatable bonds is 4. The van der Waals surface area contributed by atoms with Gasteiger partial charge in [0, 0.05) is 6.20 Å². The molecule has 1 heterocycles. The summed E-state index contributed by atoms with van der Waals surface area (Å²) in [6.45, 7) is -0.601. The maximum absolute atomic E-state index is 11.5. The van der Waals surface area contributed by atoms with E-state index in [1.807, 2.05) is 0 Å². The molecule has 0 saturated carbocycles. The Balaban J connectivity index is 0.00000162. The lowest BCUT2D eigenvalue weighted by atomic mass is 9.91. The van der Waals surface area contributed by atoms with E-state index in [2.05, 4.69) is 10.3 Å². The summed E-state index contributed by atoms with van der Waals surface area (Å²) in [5, 5.41) is 26.2. The summed E-state index contributed by atoms with van der Waals surface area (Å²) in [6, 6.07) is 8.45. The molecule has 1 unspecified atom stereocenters. The summed E-state index contributed by atoms with van der Waals surface area (Å²) in [6.07, 6.45) is 2.79. The molecule has 19 heavy (non-hydrogen) atoms. The molecular formula is C11H13Cl2N3O3. The molecule has 0 aliphatic heterocycles. The van der Waals surface area contributed by atoms with Crippen molar-refractivity contribution in [2.75, 3.05) is 6.61 Å². The van der Waals surface area contributed by atoms with Crippen molar-refractivity contribution in [1.29, 1.82) is 0 Å². The van der Waals surface area contributed by atoms with E-state index in [0.29, 0.717) is 5.56 Å². The maximum Gasteiger partial charge on any atom is 0.338 e. The minimum atomic E-state index is -1.63. The summed E-state index contributed by atoms with van der Waals surface area (Å²) in [5.74, 6) is -1.18. The zero-order valence-electron chi connectivity index (χ0n) is 9.71. The van der Waals surface area contributed by atoms with Gasteiger partial charge in [-0.2, -0.15) is 0 Å². The Labute approximate surface area is 121 Å². The van der Waals surface area contributed by atoms with Gasteiger partial charge >= 0.3 is 5.97 Å². The van der Waals surface area contributed by atoms with Crippen LogP contribution >= 0.6 is 24.8 Å². The fourth-order valence-electron chi connectivity index (χ4n) is 1.71. The first-order valence-corrected chi connectivity index (χ1v) is 4.98. The highest BCUT2D eigenvalue weighted by atomic mass is 35.5. The minimum absolute atomic E-state index is 0. The highest BCUT2D eigenvalue weighted by molar-refractivity contribution is 5.85. The number of nitrogens with zero attached hydrogens (tertiary/aromatic N) is 3. The Kier molecular flexibility index (Phi) is 6.47. The second kappa shape index (κ2) is 7.08. The van der Waals surface area contributed by atoms with Gasteiger partial charge in [-0.1, -0.05) is 35.5 Å². The molecule has 2 N–H and O–H groups in total. The fraction of sp³-hybridized carbons (Fsp3) is 0.182. The number of aliphatic hydroxyl groups is 1. The number of carboxylic acid groups (broad SMARTS) is 1. The monoisotopic (exact) mass is 305 g/mol. The largest absolute Gasteiger partial charge is 0.479 e. The van der Waals surface area contributed by atoms with Crippen molar-refractivity contribution in [3.63, 3.8) is 0 Å². The predicted octanol–water partition coefficient (Wildman–Crippen LogP) is 0.942. The van der Waals surface area contributed by atoms with Crippen molar-refractivity contribution in [2.24, 2.45) is 0 Å². The van der Waals surface area contributed by atoms with Gasteiger partial charge in [-0.25, -0.2) is 9.48 Å². The Hall–Kier alpha value is -1.63. The molecule has 0 amide bonds. The average Bonchev–Trinajstić information content (AvgIpc) is 2.86. The van der Waals surface area contributed by atoms with Gasteiger partial charge in [0.05, 0.1) is 12.8 Å². The van der Waals surface area contributed by atoms with Crippen molar-refractivity contribution < 1.29 is 15.0 Å². The van der Waals surface area contributed by atoms with Crippen molar-refractivity contribution in [1.82, 2.24) is 15.0 Å². The number of aliphatic hydroxyl groups excluding tert-OH is 1. The van der Waals surface area contributed by atoms with Crippen LogP contribution < -0.4 is 0 Å². The van der Waals surface area contributed by atoms with E-state index in [9.17, 15) is 15.0 Å². The van der Waals surface area contributed by atoms with Gasteiger partial charge in [0.1, 0.15) is 0 Å². The molecule has 6 nitrogen and oxygen atoms in total. The molecule has 2 aromatic rings. The lowest BCUT2D eigenvalue weighted by Gasteiger charge is -2.27. The van der Waals surface area contributed by atoms with Gasteiger partial charge in [0.2, 0.25) is 5.54 Å². The molecule has 0 aliphatic carbocycles. The van der Waals surface area contributed by atoms with E-state index >= 15 is 0 Å². The second-order valence-electron chi connectivity index (χ2n) is 3.54. The van der Waals surface area contributed by atoms with Crippen LogP contribution in [0, 0.1) is 0 Å². The molecule has 104 valence electrons. The SMILES string of the molecule is Cl.Cl.O=C(O)C(CO)(c1ccccc1)n1ccnn1. The summed E-state index contributed by atoms with van der Waals surface area (Å²) < 4.78 is 1.14. The number of hydrogen-bond donors (Lipinski definition) is 2. The quantitative estimate of drug-likeness (QED) is 0.878. The smallest absolute Gasteiger partial charge is 0.338 e. The van der Waals surface area contributed by atoms with Gasteiger partial charge in [0.25, 0.3) is 0 Å². The lowest BCUT2D eigenvalue weighted by molar-refractivity contribution is -0.147.